The van der Waals surface area contributed by atoms with Crippen molar-refractivity contribution in [2.24, 2.45) is 0 Å². The second-order valence-corrected chi connectivity index (χ2v) is 8.04. The van der Waals surface area contributed by atoms with Crippen LogP contribution in [-0.4, -0.2) is 62.0 Å². The Bertz CT molecular complexity index is 1280. The van der Waals surface area contributed by atoms with Crippen LogP contribution in [0.25, 0.3) is 22.6 Å². The first-order chi connectivity index (χ1) is 15.6. The van der Waals surface area contributed by atoms with Crippen LogP contribution in [0.3, 0.4) is 0 Å². The molecule has 1 saturated heterocycles. The molecule has 0 radical (unpaired) electrons. The molecule has 9 heteroatoms. The zero-order valence-corrected chi connectivity index (χ0v) is 18.0. The molecular weight excluding hydrogens is 428 g/mol. The topological polar surface area (TPSA) is 98.2 Å². The van der Waals surface area contributed by atoms with Gasteiger partial charge in [0.25, 0.3) is 0 Å². The number of nitrogens with one attached hydrogen (secondary N) is 1. The van der Waals surface area contributed by atoms with Crippen LogP contribution in [0.2, 0.25) is 5.02 Å². The molecule has 1 fully saturated rings. The lowest BCUT2D eigenvalue weighted by molar-refractivity contribution is -0.130. The Morgan fingerprint density at radius 2 is 1.78 bits per heavy atom. The summed E-state index contributed by atoms with van der Waals surface area (Å²) in [4.78, 5) is 33.3. The molecule has 0 saturated carbocycles. The highest BCUT2D eigenvalue weighted by Crippen LogP contribution is 2.30. The highest BCUT2D eigenvalue weighted by molar-refractivity contribution is 6.31. The molecule has 2 aromatic carbocycles. The molecule has 5 rings (SSSR count). The Hall–Kier alpha value is -3.65. The number of para-hydroxylation sites is 1. The summed E-state index contributed by atoms with van der Waals surface area (Å²) >= 11 is 6.20. The van der Waals surface area contributed by atoms with Gasteiger partial charge in [-0.15, -0.1) is 0 Å². The van der Waals surface area contributed by atoms with Crippen LogP contribution in [0.1, 0.15) is 5.56 Å². The summed E-state index contributed by atoms with van der Waals surface area (Å²) < 4.78 is 0. The molecular formula is C23H21ClN6O2. The van der Waals surface area contributed by atoms with E-state index in [4.69, 9.17) is 11.6 Å². The molecule has 8 nitrogen and oxygen atoms in total. The van der Waals surface area contributed by atoms with E-state index >= 15 is 0 Å². The number of carbonyl (C=O) groups is 1. The lowest BCUT2D eigenvalue weighted by atomic mass is 10.1. The Balaban J connectivity index is 1.32. The smallest absolute Gasteiger partial charge is 0.227 e. The number of aromatic nitrogens is 4. The van der Waals surface area contributed by atoms with E-state index in [1.54, 1.807) is 24.3 Å². The van der Waals surface area contributed by atoms with Gasteiger partial charge in [-0.05, 0) is 23.8 Å². The number of carbonyl (C=O) groups excluding carboxylic acids is 1. The third-order valence-corrected chi connectivity index (χ3v) is 6.03. The molecule has 0 aliphatic carbocycles. The molecule has 0 unspecified atom stereocenters. The van der Waals surface area contributed by atoms with Gasteiger partial charge in [0.2, 0.25) is 5.91 Å². The number of aromatic hydroxyl groups is 1. The largest absolute Gasteiger partial charge is 0.507 e. The van der Waals surface area contributed by atoms with E-state index in [9.17, 15) is 9.90 Å². The normalized spacial score (nSPS) is 14.2. The Morgan fingerprint density at radius 1 is 1.03 bits per heavy atom. The minimum atomic E-state index is 0.0639. The SMILES string of the molecule is O=C(Cc1ccccc1Cl)N1CCN(c2ncnc3nc(-c4ccccc4O)[nH]c23)CC1. The van der Waals surface area contributed by atoms with E-state index in [-0.39, 0.29) is 11.7 Å². The van der Waals surface area contributed by atoms with Crippen molar-refractivity contribution in [3.8, 4) is 17.1 Å². The second-order valence-electron chi connectivity index (χ2n) is 7.63. The average molecular weight is 449 g/mol. The number of anilines is 1. The third kappa shape index (κ3) is 3.85. The Kier molecular flexibility index (Phi) is 5.36. The minimum absolute atomic E-state index is 0.0639. The van der Waals surface area contributed by atoms with Gasteiger partial charge in [0.1, 0.15) is 23.4 Å². The van der Waals surface area contributed by atoms with Crippen molar-refractivity contribution in [2.75, 3.05) is 31.1 Å². The molecule has 4 aromatic rings. The first kappa shape index (κ1) is 20.3. The molecule has 0 atom stereocenters. The summed E-state index contributed by atoms with van der Waals surface area (Å²) in [5.74, 6) is 1.48. The predicted molar refractivity (Wildman–Crippen MR) is 123 cm³/mol. The van der Waals surface area contributed by atoms with Crippen molar-refractivity contribution >= 4 is 34.5 Å². The number of benzene rings is 2. The highest BCUT2D eigenvalue weighted by atomic mass is 35.5. The van der Waals surface area contributed by atoms with Crippen molar-refractivity contribution in [1.29, 1.82) is 0 Å². The fourth-order valence-corrected chi connectivity index (χ4v) is 4.14. The number of hydrogen-bond acceptors (Lipinski definition) is 6. The lowest BCUT2D eigenvalue weighted by Crippen LogP contribution is -2.49. The molecule has 32 heavy (non-hydrogen) atoms. The van der Waals surface area contributed by atoms with Crippen LogP contribution in [0.5, 0.6) is 5.75 Å². The van der Waals surface area contributed by atoms with Gasteiger partial charge in [-0.2, -0.15) is 0 Å². The number of halogens is 1. The van der Waals surface area contributed by atoms with Crippen molar-refractivity contribution in [3.05, 3.63) is 65.4 Å². The molecule has 0 bridgehead atoms. The molecule has 162 valence electrons. The number of hydrogen-bond donors (Lipinski definition) is 2. The van der Waals surface area contributed by atoms with Gasteiger partial charge in [0, 0.05) is 31.2 Å². The maximum absolute atomic E-state index is 12.8. The van der Waals surface area contributed by atoms with E-state index in [1.165, 1.54) is 6.33 Å². The Labute approximate surface area is 189 Å². The van der Waals surface area contributed by atoms with Crippen LogP contribution in [0, 0.1) is 0 Å². The molecule has 1 aliphatic rings. The van der Waals surface area contributed by atoms with Gasteiger partial charge in [-0.3, -0.25) is 4.79 Å². The summed E-state index contributed by atoms with van der Waals surface area (Å²) in [6.07, 6.45) is 1.78. The van der Waals surface area contributed by atoms with E-state index in [0.717, 1.165) is 11.4 Å². The monoisotopic (exact) mass is 448 g/mol. The fraction of sp³-hybridized carbons (Fsp3) is 0.217. The first-order valence-electron chi connectivity index (χ1n) is 10.4. The van der Waals surface area contributed by atoms with Crippen molar-refractivity contribution in [2.45, 2.75) is 6.42 Å². The second kappa shape index (κ2) is 8.47. The molecule has 3 heterocycles. The van der Waals surface area contributed by atoms with Gasteiger partial charge in [-0.25, -0.2) is 15.0 Å². The standard InChI is InChI=1S/C23H21ClN6O2/c24-17-7-3-1-5-15(17)13-19(32)29-9-11-30(12-10-29)23-20-22(25-14-26-23)28-21(27-20)16-6-2-4-8-18(16)31/h1-8,14,31H,9-13H2,(H,25,26,27,28). The Morgan fingerprint density at radius 3 is 2.56 bits per heavy atom. The van der Waals surface area contributed by atoms with Gasteiger partial charge in [0.15, 0.2) is 11.5 Å². The summed E-state index contributed by atoms with van der Waals surface area (Å²) in [6.45, 7) is 2.47. The first-order valence-corrected chi connectivity index (χ1v) is 10.7. The predicted octanol–water partition coefficient (Wildman–Crippen LogP) is 3.27. The number of aromatic amines is 1. The van der Waals surface area contributed by atoms with Gasteiger partial charge >= 0.3 is 0 Å². The number of phenols is 1. The summed E-state index contributed by atoms with van der Waals surface area (Å²) in [7, 11) is 0. The van der Waals surface area contributed by atoms with Crippen molar-refractivity contribution in [3.63, 3.8) is 0 Å². The van der Waals surface area contributed by atoms with Crippen LogP contribution in [0.4, 0.5) is 5.82 Å². The quantitative estimate of drug-likeness (QED) is 0.497. The minimum Gasteiger partial charge on any atom is -0.507 e. The number of piperazine rings is 1. The number of imidazole rings is 1. The molecule has 2 N–H and O–H groups in total. The van der Waals surface area contributed by atoms with Gasteiger partial charge in [0.05, 0.1) is 12.0 Å². The van der Waals surface area contributed by atoms with E-state index in [1.807, 2.05) is 29.2 Å². The van der Waals surface area contributed by atoms with Crippen LogP contribution < -0.4 is 4.90 Å². The van der Waals surface area contributed by atoms with Crippen molar-refractivity contribution < 1.29 is 9.90 Å². The third-order valence-electron chi connectivity index (χ3n) is 5.66. The van der Waals surface area contributed by atoms with Crippen molar-refractivity contribution in [1.82, 2.24) is 24.8 Å². The number of amides is 1. The van der Waals surface area contributed by atoms with Crippen LogP contribution in [-0.2, 0) is 11.2 Å². The van der Waals surface area contributed by atoms with E-state index < -0.39 is 0 Å². The fourth-order valence-electron chi connectivity index (χ4n) is 3.94. The van der Waals surface area contributed by atoms with Crippen LogP contribution >= 0.6 is 11.6 Å². The lowest BCUT2D eigenvalue weighted by Gasteiger charge is -2.35. The molecule has 2 aromatic heterocycles. The van der Waals surface area contributed by atoms with E-state index in [0.29, 0.717) is 60.2 Å². The number of nitrogens with zero attached hydrogens (tertiary/aromatic N) is 5. The average Bonchev–Trinajstić information content (AvgIpc) is 3.25. The van der Waals surface area contributed by atoms with Gasteiger partial charge < -0.3 is 19.9 Å². The number of rotatable bonds is 4. The summed E-state index contributed by atoms with van der Waals surface area (Å²) in [5, 5.41) is 10.8. The summed E-state index contributed by atoms with van der Waals surface area (Å²) in [5.41, 5.74) is 2.69. The number of H-pyrrole nitrogens is 1. The summed E-state index contributed by atoms with van der Waals surface area (Å²) in [6, 6.07) is 14.5. The number of fused-ring (bicyclic) bond motifs is 1. The molecule has 0 spiro atoms. The molecule has 1 amide bonds. The number of phenolic OH excluding ortho intramolecular Hbond substituents is 1. The zero-order chi connectivity index (χ0) is 22.1. The maximum Gasteiger partial charge on any atom is 0.227 e. The van der Waals surface area contributed by atoms with Crippen LogP contribution in [0.15, 0.2) is 54.9 Å². The molecule has 1 aliphatic heterocycles. The van der Waals surface area contributed by atoms with Gasteiger partial charge in [-0.1, -0.05) is 41.9 Å². The zero-order valence-electron chi connectivity index (χ0n) is 17.2. The highest BCUT2D eigenvalue weighted by Gasteiger charge is 2.25. The maximum atomic E-state index is 12.8. The van der Waals surface area contributed by atoms with E-state index in [2.05, 4.69) is 24.8 Å².